The SMILES string of the molecule is CC1CCCCC1N(C)C(=O)CCNC(=O)c1ccco1. The molecule has 2 amide bonds. The monoisotopic (exact) mass is 292 g/mol. The Kier molecular flexibility index (Phi) is 5.42. The molecule has 0 radical (unpaired) electrons. The van der Waals surface area contributed by atoms with Gasteiger partial charge in [-0.25, -0.2) is 0 Å². The lowest BCUT2D eigenvalue weighted by Crippen LogP contribution is -2.43. The van der Waals surface area contributed by atoms with Gasteiger partial charge in [0.2, 0.25) is 5.91 Å². The molecule has 2 rings (SSSR count). The molecular formula is C16H24N2O3. The summed E-state index contributed by atoms with van der Waals surface area (Å²) >= 11 is 0. The fourth-order valence-corrected chi connectivity index (χ4v) is 3.01. The molecule has 2 unspecified atom stereocenters. The quantitative estimate of drug-likeness (QED) is 0.906. The lowest BCUT2D eigenvalue weighted by Gasteiger charge is -2.36. The van der Waals surface area contributed by atoms with Crippen molar-refractivity contribution in [3.05, 3.63) is 24.2 Å². The van der Waals surface area contributed by atoms with Gasteiger partial charge in [-0.1, -0.05) is 19.8 Å². The van der Waals surface area contributed by atoms with Gasteiger partial charge in [-0.2, -0.15) is 0 Å². The van der Waals surface area contributed by atoms with Crippen molar-refractivity contribution in [2.24, 2.45) is 5.92 Å². The second kappa shape index (κ2) is 7.29. The second-order valence-corrected chi connectivity index (χ2v) is 5.82. The maximum absolute atomic E-state index is 12.2. The molecule has 2 atom stereocenters. The largest absolute Gasteiger partial charge is 0.459 e. The van der Waals surface area contributed by atoms with Crippen LogP contribution in [0.15, 0.2) is 22.8 Å². The average molecular weight is 292 g/mol. The van der Waals surface area contributed by atoms with Crippen LogP contribution in [0.1, 0.15) is 49.6 Å². The van der Waals surface area contributed by atoms with Gasteiger partial charge in [0.05, 0.1) is 6.26 Å². The maximum atomic E-state index is 12.2. The number of hydrogen-bond donors (Lipinski definition) is 1. The van der Waals surface area contributed by atoms with E-state index in [2.05, 4.69) is 12.2 Å². The number of hydrogen-bond acceptors (Lipinski definition) is 3. The van der Waals surface area contributed by atoms with Gasteiger partial charge in [0.1, 0.15) is 0 Å². The summed E-state index contributed by atoms with van der Waals surface area (Å²) in [7, 11) is 1.88. The number of nitrogens with one attached hydrogen (secondary N) is 1. The fourth-order valence-electron chi connectivity index (χ4n) is 3.01. The van der Waals surface area contributed by atoms with Crippen molar-refractivity contribution in [1.29, 1.82) is 0 Å². The summed E-state index contributed by atoms with van der Waals surface area (Å²) in [6.07, 6.45) is 6.52. The van der Waals surface area contributed by atoms with Crippen molar-refractivity contribution in [3.63, 3.8) is 0 Å². The van der Waals surface area contributed by atoms with Crippen molar-refractivity contribution in [2.45, 2.75) is 45.1 Å². The summed E-state index contributed by atoms with van der Waals surface area (Å²) < 4.78 is 5.00. The summed E-state index contributed by atoms with van der Waals surface area (Å²) in [4.78, 5) is 25.8. The molecule has 1 aromatic rings. The van der Waals surface area contributed by atoms with Gasteiger partial charge in [-0.15, -0.1) is 0 Å². The van der Waals surface area contributed by atoms with E-state index < -0.39 is 0 Å². The highest BCUT2D eigenvalue weighted by Gasteiger charge is 2.27. The minimum Gasteiger partial charge on any atom is -0.459 e. The Morgan fingerprint density at radius 2 is 2.14 bits per heavy atom. The Morgan fingerprint density at radius 1 is 1.38 bits per heavy atom. The number of carbonyl (C=O) groups is 2. The minimum atomic E-state index is -0.276. The highest BCUT2D eigenvalue weighted by molar-refractivity contribution is 5.91. The average Bonchev–Trinajstić information content (AvgIpc) is 3.01. The van der Waals surface area contributed by atoms with E-state index >= 15 is 0 Å². The van der Waals surface area contributed by atoms with Gasteiger partial charge in [-0.3, -0.25) is 9.59 Å². The third-order valence-electron chi connectivity index (χ3n) is 4.33. The Hall–Kier alpha value is -1.78. The van der Waals surface area contributed by atoms with Crippen LogP contribution in [0.5, 0.6) is 0 Å². The summed E-state index contributed by atoms with van der Waals surface area (Å²) in [5, 5.41) is 2.70. The number of furan rings is 1. The van der Waals surface area contributed by atoms with Gasteiger partial charge in [0, 0.05) is 26.1 Å². The van der Waals surface area contributed by atoms with E-state index in [9.17, 15) is 9.59 Å². The lowest BCUT2D eigenvalue weighted by molar-refractivity contribution is -0.133. The van der Waals surface area contributed by atoms with Crippen LogP contribution in [-0.4, -0.2) is 36.3 Å². The van der Waals surface area contributed by atoms with Crippen LogP contribution < -0.4 is 5.32 Å². The van der Waals surface area contributed by atoms with Gasteiger partial charge < -0.3 is 14.6 Å². The molecule has 0 saturated heterocycles. The Morgan fingerprint density at radius 3 is 2.81 bits per heavy atom. The first kappa shape index (κ1) is 15.6. The molecule has 116 valence electrons. The Bertz CT molecular complexity index is 470. The third-order valence-corrected chi connectivity index (χ3v) is 4.33. The molecule has 1 heterocycles. The van der Waals surface area contributed by atoms with E-state index in [0.717, 1.165) is 6.42 Å². The van der Waals surface area contributed by atoms with E-state index in [0.29, 0.717) is 24.9 Å². The van der Waals surface area contributed by atoms with Crippen molar-refractivity contribution >= 4 is 11.8 Å². The highest BCUT2D eigenvalue weighted by Crippen LogP contribution is 2.27. The minimum absolute atomic E-state index is 0.0912. The summed E-state index contributed by atoms with van der Waals surface area (Å²) in [6.45, 7) is 2.55. The molecule has 1 aliphatic rings. The summed E-state index contributed by atoms with van der Waals surface area (Å²) in [6, 6.07) is 3.61. The predicted molar refractivity (Wildman–Crippen MR) is 79.8 cm³/mol. The number of amides is 2. The standard InChI is InChI=1S/C16H24N2O3/c1-12-6-3-4-7-13(12)18(2)15(19)9-10-17-16(20)14-8-5-11-21-14/h5,8,11-13H,3-4,6-7,9-10H2,1-2H3,(H,17,20). The van der Waals surface area contributed by atoms with Gasteiger partial charge in [0.25, 0.3) is 5.91 Å². The zero-order valence-corrected chi connectivity index (χ0v) is 12.8. The van der Waals surface area contributed by atoms with Crippen molar-refractivity contribution in [1.82, 2.24) is 10.2 Å². The molecule has 21 heavy (non-hydrogen) atoms. The first-order valence-corrected chi connectivity index (χ1v) is 7.67. The Labute approximate surface area is 125 Å². The zero-order valence-electron chi connectivity index (χ0n) is 12.8. The van der Waals surface area contributed by atoms with Crippen molar-refractivity contribution in [2.75, 3.05) is 13.6 Å². The first-order chi connectivity index (χ1) is 10.1. The molecular weight excluding hydrogens is 268 g/mol. The van der Waals surface area contributed by atoms with Crippen LogP contribution in [0.3, 0.4) is 0 Å². The van der Waals surface area contributed by atoms with Gasteiger partial charge in [0.15, 0.2) is 5.76 Å². The maximum Gasteiger partial charge on any atom is 0.286 e. The summed E-state index contributed by atoms with van der Waals surface area (Å²) in [5.74, 6) is 0.650. The molecule has 1 aliphatic carbocycles. The molecule has 5 nitrogen and oxygen atoms in total. The van der Waals surface area contributed by atoms with E-state index in [4.69, 9.17) is 4.42 Å². The smallest absolute Gasteiger partial charge is 0.286 e. The predicted octanol–water partition coefficient (Wildman–Crippen LogP) is 2.44. The zero-order chi connectivity index (χ0) is 15.2. The van der Waals surface area contributed by atoms with Crippen LogP contribution in [0.4, 0.5) is 0 Å². The topological polar surface area (TPSA) is 62.6 Å². The molecule has 0 aliphatic heterocycles. The van der Waals surface area contributed by atoms with Crippen LogP contribution in [0, 0.1) is 5.92 Å². The molecule has 5 heteroatoms. The number of rotatable bonds is 5. The number of carbonyl (C=O) groups excluding carboxylic acids is 2. The van der Waals surface area contributed by atoms with Crippen molar-refractivity contribution < 1.29 is 14.0 Å². The molecule has 1 N–H and O–H groups in total. The normalized spacial score (nSPS) is 21.8. The lowest BCUT2D eigenvalue weighted by atomic mass is 9.85. The van der Waals surface area contributed by atoms with Crippen LogP contribution in [0.2, 0.25) is 0 Å². The van der Waals surface area contributed by atoms with Crippen LogP contribution in [-0.2, 0) is 4.79 Å². The van der Waals surface area contributed by atoms with E-state index in [-0.39, 0.29) is 17.6 Å². The summed E-state index contributed by atoms with van der Waals surface area (Å²) in [5.41, 5.74) is 0. The fraction of sp³-hybridized carbons (Fsp3) is 0.625. The third kappa shape index (κ3) is 4.09. The van der Waals surface area contributed by atoms with Crippen molar-refractivity contribution in [3.8, 4) is 0 Å². The van der Waals surface area contributed by atoms with E-state index in [1.54, 1.807) is 12.1 Å². The molecule has 0 bridgehead atoms. The molecule has 1 fully saturated rings. The van der Waals surface area contributed by atoms with Gasteiger partial charge in [-0.05, 0) is 30.9 Å². The van der Waals surface area contributed by atoms with Gasteiger partial charge >= 0.3 is 0 Å². The molecule has 1 aromatic heterocycles. The molecule has 0 aromatic carbocycles. The van der Waals surface area contributed by atoms with E-state index in [1.807, 2.05) is 11.9 Å². The number of nitrogens with zero attached hydrogens (tertiary/aromatic N) is 1. The van der Waals surface area contributed by atoms with E-state index in [1.165, 1.54) is 25.5 Å². The second-order valence-electron chi connectivity index (χ2n) is 5.82. The first-order valence-electron chi connectivity index (χ1n) is 7.67. The van der Waals surface area contributed by atoms with Crippen LogP contribution >= 0.6 is 0 Å². The molecule has 0 spiro atoms. The highest BCUT2D eigenvalue weighted by atomic mass is 16.3. The molecule has 1 saturated carbocycles. The van der Waals surface area contributed by atoms with Crippen LogP contribution in [0.25, 0.3) is 0 Å². The Balaban J connectivity index is 1.75.